The standard InChI is InChI=1S/C12H13N3S2/c16-12-15(13-8-17-12)9-14-6-5-10-3-1-2-4-11(10)7-14/h1-4,8H,5-7,9H2. The molecule has 0 aliphatic carbocycles. The van der Waals surface area contributed by atoms with Crippen LogP contribution in [0, 0.1) is 3.95 Å². The van der Waals surface area contributed by atoms with Gasteiger partial charge in [-0.25, -0.2) is 4.68 Å². The third-order valence-electron chi connectivity index (χ3n) is 3.09. The van der Waals surface area contributed by atoms with Gasteiger partial charge < -0.3 is 0 Å². The van der Waals surface area contributed by atoms with Crippen LogP contribution >= 0.6 is 23.6 Å². The summed E-state index contributed by atoms with van der Waals surface area (Å²) >= 11 is 6.74. The Balaban J connectivity index is 1.77. The first-order valence-electron chi connectivity index (χ1n) is 5.63. The second-order valence-electron chi connectivity index (χ2n) is 4.22. The molecule has 0 spiro atoms. The molecular weight excluding hydrogens is 250 g/mol. The highest BCUT2D eigenvalue weighted by molar-refractivity contribution is 7.73. The molecule has 0 radical (unpaired) electrons. The Labute approximate surface area is 109 Å². The normalized spacial score (nSPS) is 15.8. The van der Waals surface area contributed by atoms with Gasteiger partial charge in [-0.15, -0.1) is 0 Å². The lowest BCUT2D eigenvalue weighted by atomic mass is 10.0. The van der Waals surface area contributed by atoms with Crippen molar-refractivity contribution in [1.29, 1.82) is 0 Å². The summed E-state index contributed by atoms with van der Waals surface area (Å²) in [5.41, 5.74) is 4.71. The van der Waals surface area contributed by atoms with Crippen LogP contribution < -0.4 is 0 Å². The van der Waals surface area contributed by atoms with Crippen LogP contribution in [-0.4, -0.2) is 21.2 Å². The minimum atomic E-state index is 0.802. The van der Waals surface area contributed by atoms with Crippen LogP contribution in [0.4, 0.5) is 0 Å². The maximum absolute atomic E-state index is 5.22. The van der Waals surface area contributed by atoms with E-state index in [9.17, 15) is 0 Å². The molecule has 3 rings (SSSR count). The highest BCUT2D eigenvalue weighted by Crippen LogP contribution is 2.18. The molecule has 0 saturated heterocycles. The SMILES string of the molecule is S=c1scnn1CN1CCc2ccccc2C1. The first-order valence-corrected chi connectivity index (χ1v) is 6.91. The van der Waals surface area contributed by atoms with E-state index in [1.54, 1.807) is 5.51 Å². The van der Waals surface area contributed by atoms with Gasteiger partial charge in [0.15, 0.2) is 3.95 Å². The van der Waals surface area contributed by atoms with Gasteiger partial charge in [-0.1, -0.05) is 35.6 Å². The Morgan fingerprint density at radius 3 is 2.88 bits per heavy atom. The van der Waals surface area contributed by atoms with E-state index in [1.807, 2.05) is 4.68 Å². The molecule has 17 heavy (non-hydrogen) atoms. The van der Waals surface area contributed by atoms with Crippen LogP contribution in [0.2, 0.25) is 0 Å². The maximum Gasteiger partial charge on any atom is 0.180 e. The number of hydrogen-bond donors (Lipinski definition) is 0. The van der Waals surface area contributed by atoms with Crippen LogP contribution in [-0.2, 0) is 19.6 Å². The zero-order chi connectivity index (χ0) is 11.7. The summed E-state index contributed by atoms with van der Waals surface area (Å²) in [6.07, 6.45) is 1.12. The first kappa shape index (κ1) is 11.1. The number of fused-ring (bicyclic) bond motifs is 1. The van der Waals surface area contributed by atoms with E-state index < -0.39 is 0 Å². The first-order chi connectivity index (χ1) is 8.33. The van der Waals surface area contributed by atoms with Crippen molar-refractivity contribution in [3.63, 3.8) is 0 Å². The molecule has 0 N–H and O–H groups in total. The molecule has 1 aromatic heterocycles. The monoisotopic (exact) mass is 263 g/mol. The number of hydrogen-bond acceptors (Lipinski definition) is 4. The minimum absolute atomic E-state index is 0.802. The fraction of sp³-hybridized carbons (Fsp3) is 0.333. The van der Waals surface area contributed by atoms with Crippen molar-refractivity contribution in [2.24, 2.45) is 0 Å². The van der Waals surface area contributed by atoms with Crippen molar-refractivity contribution in [1.82, 2.24) is 14.7 Å². The van der Waals surface area contributed by atoms with Gasteiger partial charge in [0, 0.05) is 13.1 Å². The minimum Gasteiger partial charge on any atom is -0.280 e. The van der Waals surface area contributed by atoms with E-state index in [1.165, 1.54) is 22.5 Å². The van der Waals surface area contributed by atoms with Crippen LogP contribution in [0.5, 0.6) is 0 Å². The third-order valence-corrected chi connectivity index (χ3v) is 4.21. The van der Waals surface area contributed by atoms with E-state index >= 15 is 0 Å². The molecule has 2 heterocycles. The molecule has 0 atom stereocenters. The quantitative estimate of drug-likeness (QED) is 0.777. The predicted octanol–water partition coefficient (Wildman–Crippen LogP) is 2.69. The van der Waals surface area contributed by atoms with Gasteiger partial charge in [-0.3, -0.25) is 4.90 Å². The van der Waals surface area contributed by atoms with Gasteiger partial charge in [-0.2, -0.15) is 5.10 Å². The van der Waals surface area contributed by atoms with E-state index in [-0.39, 0.29) is 0 Å². The fourth-order valence-corrected chi connectivity index (χ4v) is 2.90. The van der Waals surface area contributed by atoms with Gasteiger partial charge in [0.25, 0.3) is 0 Å². The second kappa shape index (κ2) is 4.68. The molecule has 3 nitrogen and oxygen atoms in total. The van der Waals surface area contributed by atoms with E-state index in [2.05, 4.69) is 34.3 Å². The average Bonchev–Trinajstić information content (AvgIpc) is 2.75. The highest BCUT2D eigenvalue weighted by atomic mass is 32.1. The van der Waals surface area contributed by atoms with Crippen molar-refractivity contribution in [2.75, 3.05) is 6.54 Å². The summed E-state index contributed by atoms with van der Waals surface area (Å²) in [6.45, 7) is 2.88. The van der Waals surface area contributed by atoms with Gasteiger partial charge >= 0.3 is 0 Å². The van der Waals surface area contributed by atoms with Crippen LogP contribution in [0.1, 0.15) is 11.1 Å². The molecular formula is C12H13N3S2. The third kappa shape index (κ3) is 2.31. The Morgan fingerprint density at radius 1 is 1.29 bits per heavy atom. The zero-order valence-corrected chi connectivity index (χ0v) is 11.0. The summed E-state index contributed by atoms with van der Waals surface area (Å²) in [6, 6.07) is 8.66. The number of nitrogens with zero attached hydrogens (tertiary/aromatic N) is 3. The highest BCUT2D eigenvalue weighted by Gasteiger charge is 2.15. The predicted molar refractivity (Wildman–Crippen MR) is 71.5 cm³/mol. The zero-order valence-electron chi connectivity index (χ0n) is 9.37. The second-order valence-corrected chi connectivity index (χ2v) is 5.70. The van der Waals surface area contributed by atoms with Crippen LogP contribution in [0.3, 0.4) is 0 Å². The molecule has 0 amide bonds. The van der Waals surface area contributed by atoms with Gasteiger partial charge in [0.2, 0.25) is 0 Å². The lowest BCUT2D eigenvalue weighted by Gasteiger charge is -2.28. The van der Waals surface area contributed by atoms with Crippen molar-refractivity contribution >= 4 is 23.6 Å². The van der Waals surface area contributed by atoms with Crippen LogP contribution in [0.15, 0.2) is 29.8 Å². The molecule has 1 aliphatic heterocycles. The Morgan fingerprint density at radius 2 is 2.12 bits per heavy atom. The summed E-state index contributed by atoms with van der Waals surface area (Å²) < 4.78 is 2.75. The van der Waals surface area contributed by atoms with Gasteiger partial charge in [-0.05, 0) is 29.8 Å². The molecule has 0 fully saturated rings. The number of aromatic nitrogens is 2. The van der Waals surface area contributed by atoms with Crippen molar-refractivity contribution in [3.8, 4) is 0 Å². The molecule has 2 aromatic rings. The fourth-order valence-electron chi connectivity index (χ4n) is 2.19. The number of rotatable bonds is 2. The summed E-state index contributed by atoms with van der Waals surface area (Å²) in [5.74, 6) is 0. The van der Waals surface area contributed by atoms with E-state index in [0.29, 0.717) is 0 Å². The summed E-state index contributed by atoms with van der Waals surface area (Å²) in [5, 5.41) is 4.26. The Bertz CT molecular complexity index is 573. The van der Waals surface area contributed by atoms with Crippen molar-refractivity contribution in [2.45, 2.75) is 19.6 Å². The smallest absolute Gasteiger partial charge is 0.180 e. The Hall–Kier alpha value is -1.04. The number of benzene rings is 1. The molecule has 1 aliphatic rings. The molecule has 88 valence electrons. The van der Waals surface area contributed by atoms with Crippen molar-refractivity contribution < 1.29 is 0 Å². The maximum atomic E-state index is 5.22. The van der Waals surface area contributed by atoms with Crippen LogP contribution in [0.25, 0.3) is 0 Å². The molecule has 0 bridgehead atoms. The van der Waals surface area contributed by atoms with Gasteiger partial charge in [0.1, 0.15) is 5.51 Å². The van der Waals surface area contributed by atoms with E-state index in [4.69, 9.17) is 12.2 Å². The topological polar surface area (TPSA) is 21.1 Å². The molecule has 5 heteroatoms. The lowest BCUT2D eigenvalue weighted by Crippen LogP contribution is -2.32. The Kier molecular flexibility index (Phi) is 3.05. The lowest BCUT2D eigenvalue weighted by molar-refractivity contribution is 0.189. The van der Waals surface area contributed by atoms with Gasteiger partial charge in [0.05, 0.1) is 6.67 Å². The largest absolute Gasteiger partial charge is 0.280 e. The molecule has 1 aromatic carbocycles. The average molecular weight is 263 g/mol. The molecule has 0 unspecified atom stereocenters. The van der Waals surface area contributed by atoms with Crippen molar-refractivity contribution in [3.05, 3.63) is 44.9 Å². The summed E-state index contributed by atoms with van der Waals surface area (Å²) in [7, 11) is 0. The van der Waals surface area contributed by atoms with E-state index in [0.717, 1.165) is 30.1 Å². The molecule has 0 saturated carbocycles. The summed E-state index contributed by atoms with van der Waals surface area (Å²) in [4.78, 5) is 2.39.